The number of alkyl halides is 1. The van der Waals surface area contributed by atoms with Gasteiger partial charge in [0.2, 0.25) is 5.91 Å². The zero-order valence-corrected chi connectivity index (χ0v) is 18.6. The highest BCUT2D eigenvalue weighted by atomic mass is 79.9. The molecule has 0 spiro atoms. The molecule has 2 aliphatic heterocycles. The van der Waals surface area contributed by atoms with Gasteiger partial charge in [-0.15, -0.1) is 24.2 Å². The average molecular weight is 496 g/mol. The normalized spacial score (nSPS) is 20.7. The second-order valence-electron chi connectivity index (χ2n) is 6.63. The van der Waals surface area contributed by atoms with E-state index in [0.717, 1.165) is 16.7 Å². The van der Waals surface area contributed by atoms with E-state index in [2.05, 4.69) is 15.9 Å². The van der Waals surface area contributed by atoms with Crippen LogP contribution in [0.1, 0.15) is 17.2 Å². The Hall–Kier alpha value is -1.80. The van der Waals surface area contributed by atoms with Crippen molar-refractivity contribution in [2.24, 2.45) is 5.73 Å². The highest BCUT2D eigenvalue weighted by Gasteiger charge is 2.52. The summed E-state index contributed by atoms with van der Waals surface area (Å²) in [6, 6.07) is 18.6. The lowest BCUT2D eigenvalue weighted by atomic mass is 10.0. The second-order valence-corrected chi connectivity index (χ2v) is 8.29. The predicted octanol–water partition coefficient (Wildman–Crippen LogP) is 3.63. The van der Waals surface area contributed by atoms with Crippen molar-refractivity contribution in [1.29, 1.82) is 0 Å². The maximum atomic E-state index is 13.2. The number of hydrogen-bond acceptors (Lipinski definition) is 5. The van der Waals surface area contributed by atoms with E-state index in [1.165, 1.54) is 4.90 Å². The molecule has 1 fully saturated rings. The number of nitrogens with two attached hydrogens (primary N) is 1. The molecular weight excluding hydrogens is 476 g/mol. The van der Waals surface area contributed by atoms with Gasteiger partial charge in [0, 0.05) is 11.1 Å². The molecule has 0 aliphatic carbocycles. The van der Waals surface area contributed by atoms with Crippen LogP contribution in [0.15, 0.2) is 71.9 Å². The largest absolute Gasteiger partial charge is 0.448 e. The van der Waals surface area contributed by atoms with Gasteiger partial charge in [-0.1, -0.05) is 76.6 Å². The molecule has 0 aromatic heterocycles. The molecule has 1 saturated heterocycles. The van der Waals surface area contributed by atoms with Gasteiger partial charge in [0.25, 0.3) is 0 Å². The van der Waals surface area contributed by atoms with Crippen molar-refractivity contribution in [2.45, 2.75) is 17.5 Å². The highest BCUT2D eigenvalue weighted by Crippen LogP contribution is 2.41. The number of ether oxygens (including phenoxy) is 1. The molecule has 8 heteroatoms. The Balaban J connectivity index is 0.00000240. The topological polar surface area (TPSA) is 72.6 Å². The molecule has 5 nitrogen and oxygen atoms in total. The summed E-state index contributed by atoms with van der Waals surface area (Å²) >= 11 is 5.01. The molecule has 0 saturated carbocycles. The number of esters is 1. The van der Waals surface area contributed by atoms with Crippen LogP contribution < -0.4 is 5.73 Å². The first-order valence-corrected chi connectivity index (χ1v) is 11.1. The molecule has 2 heterocycles. The Bertz CT molecular complexity index is 887. The van der Waals surface area contributed by atoms with E-state index < -0.39 is 18.1 Å². The highest BCUT2D eigenvalue weighted by molar-refractivity contribution is 9.09. The minimum Gasteiger partial charge on any atom is -0.448 e. The van der Waals surface area contributed by atoms with Gasteiger partial charge in [0.15, 0.2) is 6.10 Å². The van der Waals surface area contributed by atoms with Crippen molar-refractivity contribution >= 4 is 52.0 Å². The first kappa shape index (κ1) is 21.9. The average Bonchev–Trinajstić information content (AvgIpc) is 2.76. The van der Waals surface area contributed by atoms with Crippen LogP contribution in [0, 0.1) is 0 Å². The molecule has 2 N–H and O–H groups in total. The molecular formula is C21H20BrClN2O3S. The molecule has 4 rings (SSSR count). The maximum Gasteiger partial charge on any atom is 0.356 e. The molecule has 29 heavy (non-hydrogen) atoms. The minimum atomic E-state index is -0.566. The van der Waals surface area contributed by atoms with Crippen molar-refractivity contribution in [3.05, 3.63) is 83.1 Å². The van der Waals surface area contributed by atoms with E-state index in [0.29, 0.717) is 16.8 Å². The molecule has 2 atom stereocenters. The lowest BCUT2D eigenvalue weighted by Crippen LogP contribution is -2.68. The van der Waals surface area contributed by atoms with Crippen LogP contribution in [-0.2, 0) is 14.3 Å². The van der Waals surface area contributed by atoms with Gasteiger partial charge < -0.3 is 10.5 Å². The van der Waals surface area contributed by atoms with E-state index >= 15 is 0 Å². The molecule has 152 valence electrons. The third-order valence-electron chi connectivity index (χ3n) is 4.87. The van der Waals surface area contributed by atoms with E-state index in [1.54, 1.807) is 11.8 Å². The SMILES string of the molecule is Cl.NC1C(=O)N2C(C(=O)OC(c3ccccc3)c3ccccc3)=C(CBr)CS[C@H]12. The zero-order valence-electron chi connectivity index (χ0n) is 15.4. The van der Waals surface area contributed by atoms with Gasteiger partial charge in [-0.25, -0.2) is 4.79 Å². The van der Waals surface area contributed by atoms with Crippen LogP contribution in [-0.4, -0.2) is 39.3 Å². The molecule has 2 aliphatic rings. The summed E-state index contributed by atoms with van der Waals surface area (Å²) in [5.74, 6) is -0.101. The summed E-state index contributed by atoms with van der Waals surface area (Å²) in [6.07, 6.45) is -0.558. The van der Waals surface area contributed by atoms with Crippen LogP contribution in [0.2, 0.25) is 0 Å². The number of hydrogen-bond donors (Lipinski definition) is 1. The molecule has 1 amide bonds. The van der Waals surface area contributed by atoms with Crippen LogP contribution >= 0.6 is 40.1 Å². The Labute approximate surface area is 188 Å². The van der Waals surface area contributed by atoms with E-state index in [1.807, 2.05) is 60.7 Å². The number of carbonyl (C=O) groups excluding carboxylic acids is 2. The van der Waals surface area contributed by atoms with E-state index in [4.69, 9.17) is 10.5 Å². The Morgan fingerprint density at radius 3 is 2.21 bits per heavy atom. The van der Waals surface area contributed by atoms with Crippen LogP contribution in [0.3, 0.4) is 0 Å². The first-order valence-electron chi connectivity index (χ1n) is 8.91. The summed E-state index contributed by atoms with van der Waals surface area (Å²) in [4.78, 5) is 27.0. The fourth-order valence-corrected chi connectivity index (χ4v) is 5.44. The molecule has 0 bridgehead atoms. The molecule has 0 radical (unpaired) electrons. The maximum absolute atomic E-state index is 13.2. The smallest absolute Gasteiger partial charge is 0.356 e. The molecule has 1 unspecified atom stereocenters. The third-order valence-corrected chi connectivity index (χ3v) is 6.91. The minimum absolute atomic E-state index is 0. The van der Waals surface area contributed by atoms with E-state index in [-0.39, 0.29) is 23.7 Å². The zero-order chi connectivity index (χ0) is 19.7. The van der Waals surface area contributed by atoms with Gasteiger partial charge in [-0.3, -0.25) is 9.69 Å². The van der Waals surface area contributed by atoms with Crippen molar-refractivity contribution in [1.82, 2.24) is 4.90 Å². The Kier molecular flexibility index (Phi) is 7.05. The predicted molar refractivity (Wildman–Crippen MR) is 120 cm³/mol. The van der Waals surface area contributed by atoms with Crippen molar-refractivity contribution < 1.29 is 14.3 Å². The molecule has 2 aromatic rings. The summed E-state index contributed by atoms with van der Waals surface area (Å²) in [6.45, 7) is 0. The van der Waals surface area contributed by atoms with Crippen LogP contribution in [0.4, 0.5) is 0 Å². The number of rotatable bonds is 5. The summed E-state index contributed by atoms with van der Waals surface area (Å²) < 4.78 is 5.97. The first-order chi connectivity index (χ1) is 13.6. The summed E-state index contributed by atoms with van der Waals surface area (Å²) in [5, 5.41) is 0.294. The van der Waals surface area contributed by atoms with Gasteiger partial charge in [-0.05, 0) is 16.7 Å². The fourth-order valence-electron chi connectivity index (χ4n) is 3.42. The summed E-state index contributed by atoms with van der Waals surface area (Å²) in [5.41, 5.74) is 8.82. The number of halogens is 2. The number of β-lactam (4-membered cyclic amide) rings is 1. The monoisotopic (exact) mass is 494 g/mol. The number of amides is 1. The van der Waals surface area contributed by atoms with Crippen molar-refractivity contribution in [3.8, 4) is 0 Å². The summed E-state index contributed by atoms with van der Waals surface area (Å²) in [7, 11) is 0. The fraction of sp³-hybridized carbons (Fsp3) is 0.238. The van der Waals surface area contributed by atoms with Gasteiger partial charge in [0.05, 0.1) is 0 Å². The quantitative estimate of drug-likeness (QED) is 0.390. The van der Waals surface area contributed by atoms with Crippen LogP contribution in [0.25, 0.3) is 0 Å². The Morgan fingerprint density at radius 1 is 1.14 bits per heavy atom. The lowest BCUT2D eigenvalue weighted by molar-refractivity contribution is -0.153. The number of benzene rings is 2. The van der Waals surface area contributed by atoms with E-state index in [9.17, 15) is 9.59 Å². The van der Waals surface area contributed by atoms with Crippen molar-refractivity contribution in [3.63, 3.8) is 0 Å². The van der Waals surface area contributed by atoms with Gasteiger partial charge in [-0.2, -0.15) is 0 Å². The second kappa shape index (κ2) is 9.34. The number of fused-ring (bicyclic) bond motifs is 1. The van der Waals surface area contributed by atoms with Crippen molar-refractivity contribution in [2.75, 3.05) is 11.1 Å². The Morgan fingerprint density at radius 2 is 1.69 bits per heavy atom. The van der Waals surface area contributed by atoms with Gasteiger partial charge in [0.1, 0.15) is 17.1 Å². The number of thioether (sulfide) groups is 1. The van der Waals surface area contributed by atoms with Gasteiger partial charge >= 0.3 is 5.97 Å². The molecule has 2 aromatic carbocycles. The lowest BCUT2D eigenvalue weighted by Gasteiger charge is -2.48. The standard InChI is InChI=1S/C21H19BrN2O3S.ClH/c22-11-15-12-28-20-16(23)19(25)24(20)17(15)21(26)27-18(13-7-3-1-4-8-13)14-9-5-2-6-10-14;/h1-10,16,18,20H,11-12,23H2;1H/t16?,20-;/m1./s1. The van der Waals surface area contributed by atoms with Crippen LogP contribution in [0.5, 0.6) is 0 Å². The number of nitrogens with zero attached hydrogens (tertiary/aromatic N) is 1. The third kappa shape index (κ3) is 4.10. The number of carbonyl (C=O) groups is 2.